The maximum Gasteiger partial charge on any atom is 2.00 e. The molecule has 0 saturated heterocycles. The molecule has 8 heavy (non-hydrogen) atoms. The summed E-state index contributed by atoms with van der Waals surface area (Å²) in [5.74, 6) is 0. The van der Waals surface area contributed by atoms with Crippen LogP contribution in [0.4, 0.5) is 0 Å². The Bertz CT molecular complexity index is 92.7. The van der Waals surface area contributed by atoms with Gasteiger partial charge in [0.05, 0.1) is 0 Å². The molecule has 0 rings (SSSR count). The van der Waals surface area contributed by atoms with Crippen molar-refractivity contribution in [2.45, 2.75) is 0 Å². The Morgan fingerprint density at radius 3 is 1.38 bits per heavy atom. The largest absolute Gasteiger partial charge is 2.00 e. The van der Waals surface area contributed by atoms with Gasteiger partial charge in [-0.15, -0.1) is 0 Å². The minimum Gasteiger partial charge on any atom is -0.512 e. The maximum atomic E-state index is 8.56. The van der Waals surface area contributed by atoms with Crippen molar-refractivity contribution in [1.29, 1.82) is 5.26 Å². The molecule has 7 heteroatoms. The van der Waals surface area contributed by atoms with E-state index >= 15 is 0 Å². The molecule has 0 saturated carbocycles. The Balaban J connectivity index is -0.0000000183. The van der Waals surface area contributed by atoms with Gasteiger partial charge < -0.3 is 24.8 Å². The molecule has 0 aliphatic heterocycles. The van der Waals surface area contributed by atoms with Crippen LogP contribution in [0.25, 0.3) is 0 Å². The molecule has 0 aromatic rings. The summed E-state index contributed by atoms with van der Waals surface area (Å²) in [5.41, 5.74) is 0. The van der Waals surface area contributed by atoms with Crippen LogP contribution in [0.15, 0.2) is 0 Å². The van der Waals surface area contributed by atoms with Gasteiger partial charge in [0, 0.05) is 32.7 Å². The quantitative estimate of drug-likeness (QED) is 0.200. The molecule has 0 aliphatic carbocycles. The van der Waals surface area contributed by atoms with Crippen molar-refractivity contribution < 1.29 is 51.5 Å². The third kappa shape index (κ3) is 543. The van der Waals surface area contributed by atoms with Gasteiger partial charge in [-0.1, -0.05) is 0 Å². The summed E-state index contributed by atoms with van der Waals surface area (Å²) < 4.78 is 24.1. The van der Waals surface area contributed by atoms with E-state index in [1.807, 2.05) is 0 Å². The van der Waals surface area contributed by atoms with E-state index in [0.717, 1.165) is 0 Å². The van der Waals surface area contributed by atoms with Crippen molar-refractivity contribution in [2.75, 3.05) is 0 Å². The van der Waals surface area contributed by atoms with Crippen LogP contribution in [-0.4, -0.2) is 4.55 Å². The average Bonchev–Trinajstić information content (AvgIpc) is 1.41. The summed E-state index contributed by atoms with van der Waals surface area (Å²) in [6, 6.07) is 0. The first-order valence-electron chi connectivity index (χ1n) is 0.740. The number of hydrogen-bond acceptors (Lipinski definition) is 4. The summed E-state index contributed by atoms with van der Waals surface area (Å²) in [5, 5.41) is 6.25. The van der Waals surface area contributed by atoms with Crippen LogP contribution in [0, 0.1) is 11.8 Å². The molecule has 1 radical (unpaired) electrons. The van der Waals surface area contributed by atoms with Crippen molar-refractivity contribution in [1.82, 2.24) is 0 Å². The normalized spacial score (nSPS) is 4.50. The van der Waals surface area contributed by atoms with Crippen LogP contribution < -0.4 is 0 Å². The average molecular weight is 214 g/mol. The van der Waals surface area contributed by atoms with Gasteiger partial charge in [-0.05, 0) is 0 Å². The van der Waals surface area contributed by atoms with Crippen LogP contribution >= 0.6 is 0 Å². The molecule has 1 N–H and O–H groups in total. The van der Waals surface area contributed by atoms with Crippen molar-refractivity contribution >= 4 is 11.0 Å². The number of hydrogen-bond donors (Lipinski definition) is 1. The van der Waals surface area contributed by atoms with Gasteiger partial charge >= 0.3 is 16.8 Å². The first kappa shape index (κ1) is 23.4. The second kappa shape index (κ2) is 25.5. The number of rotatable bonds is 0. The Morgan fingerprint density at radius 2 is 1.38 bits per heavy atom. The minimum absolute atomic E-state index is 0. The molecule has 0 amide bonds. The van der Waals surface area contributed by atoms with Gasteiger partial charge in [-0.25, -0.2) is 0 Å². The zero-order chi connectivity index (χ0) is 5.58. The zero-order valence-electron chi connectivity index (χ0n) is 3.45. The fourth-order valence-corrected chi connectivity index (χ4v) is 0. The summed E-state index contributed by atoms with van der Waals surface area (Å²) in [4.78, 5) is 0. The molecular weight excluding hydrogens is 213 g/mol. The Kier molecular flexibility index (Phi) is 74.7. The standard InChI is InChI=1S/CN.Co.HO3S.Ti/c1-2;;1-4(2)3;/h;;(H,1,2,3);/q-1;+2;-1;. The molecule has 0 unspecified atom stereocenters. The zero-order valence-corrected chi connectivity index (χ0v) is 6.87. The van der Waals surface area contributed by atoms with Crippen molar-refractivity contribution in [3.63, 3.8) is 0 Å². The Morgan fingerprint density at radius 1 is 1.38 bits per heavy atom. The molecule has 0 aliphatic rings. The molecule has 4 nitrogen and oxygen atoms in total. The fourth-order valence-electron chi connectivity index (χ4n) is 0. The van der Waals surface area contributed by atoms with Gasteiger partial charge in [0.15, 0.2) is 0 Å². The van der Waals surface area contributed by atoms with Crippen molar-refractivity contribution in [2.24, 2.45) is 0 Å². The van der Waals surface area contributed by atoms with E-state index in [4.69, 9.17) is 24.8 Å². The minimum atomic E-state index is -2.86. The third-order valence-electron chi connectivity index (χ3n) is 0. The topological polar surface area (TPSA) is 78.2 Å². The maximum absolute atomic E-state index is 8.56. The molecule has 0 spiro atoms. The monoisotopic (exact) mass is 214 g/mol. The van der Waals surface area contributed by atoms with E-state index in [0.29, 0.717) is 0 Å². The molecular formula is CHCoNO3STi. The van der Waals surface area contributed by atoms with Gasteiger partial charge in [-0.2, -0.15) is 0 Å². The van der Waals surface area contributed by atoms with Crippen LogP contribution in [0.5, 0.6) is 0 Å². The SMILES string of the molecule is O=[S-](=O)O.[C-]#N.[Co+2].[Ti]. The van der Waals surface area contributed by atoms with Gasteiger partial charge in [0.1, 0.15) is 0 Å². The van der Waals surface area contributed by atoms with Gasteiger partial charge in [-0.3, -0.25) is 0 Å². The van der Waals surface area contributed by atoms with E-state index in [1.165, 1.54) is 0 Å². The molecule has 0 aromatic heterocycles. The second-order valence-electron chi connectivity index (χ2n) is 0.217. The first-order chi connectivity index (χ1) is 2.73. The van der Waals surface area contributed by atoms with E-state index in [1.54, 1.807) is 0 Å². The summed E-state index contributed by atoms with van der Waals surface area (Å²) >= 11 is 0. The summed E-state index contributed by atoms with van der Waals surface area (Å²) in [6.45, 7) is 4.75. The molecule has 0 bridgehead atoms. The van der Waals surface area contributed by atoms with Gasteiger partial charge in [0.25, 0.3) is 0 Å². The van der Waals surface area contributed by atoms with E-state index in [2.05, 4.69) is 0 Å². The van der Waals surface area contributed by atoms with E-state index in [9.17, 15) is 0 Å². The smallest absolute Gasteiger partial charge is 0.512 e. The van der Waals surface area contributed by atoms with Gasteiger partial charge in [0.2, 0.25) is 0 Å². The predicted molar refractivity (Wildman–Crippen MR) is 16.3 cm³/mol. The summed E-state index contributed by atoms with van der Waals surface area (Å²) in [6.07, 6.45) is 0. The summed E-state index contributed by atoms with van der Waals surface area (Å²) in [7, 11) is -2.86. The van der Waals surface area contributed by atoms with Crippen LogP contribution in [0.2, 0.25) is 0 Å². The van der Waals surface area contributed by atoms with Crippen LogP contribution in [-0.2, 0) is 57.9 Å². The Labute approximate surface area is 74.1 Å². The molecule has 47 valence electrons. The van der Waals surface area contributed by atoms with Crippen LogP contribution in [0.1, 0.15) is 0 Å². The third-order valence-corrected chi connectivity index (χ3v) is 0. The fraction of sp³-hybridized carbons (Fsp3) is 0. The van der Waals surface area contributed by atoms with E-state index in [-0.39, 0.29) is 38.5 Å². The number of nitrogens with zero attached hydrogens (tertiary/aromatic N) is 1. The first-order valence-corrected chi connectivity index (χ1v) is 1.77. The molecule has 0 aromatic carbocycles. The van der Waals surface area contributed by atoms with Crippen molar-refractivity contribution in [3.8, 4) is 0 Å². The predicted octanol–water partition coefficient (Wildman–Crippen LogP) is -0.140. The van der Waals surface area contributed by atoms with E-state index < -0.39 is 11.0 Å². The molecule has 0 fully saturated rings. The molecule has 0 heterocycles. The van der Waals surface area contributed by atoms with Crippen LogP contribution in [0.3, 0.4) is 0 Å². The van der Waals surface area contributed by atoms with Crippen molar-refractivity contribution in [3.05, 3.63) is 6.57 Å². The second-order valence-corrected chi connectivity index (χ2v) is 0.651. The Hall–Kier alpha value is 0.621. The molecule has 0 atom stereocenters.